The van der Waals surface area contributed by atoms with Crippen molar-refractivity contribution >= 4 is 5.97 Å². The molecule has 4 aliphatic carbocycles. The van der Waals surface area contributed by atoms with Crippen LogP contribution in [0.15, 0.2) is 0 Å². The normalized spacial score (nSPS) is 38.1. The lowest BCUT2D eigenvalue weighted by atomic mass is 9.51. The van der Waals surface area contributed by atoms with Crippen molar-refractivity contribution in [1.82, 2.24) is 0 Å². The van der Waals surface area contributed by atoms with E-state index in [0.29, 0.717) is 17.9 Å². The van der Waals surface area contributed by atoms with E-state index >= 15 is 4.39 Å². The van der Waals surface area contributed by atoms with Crippen LogP contribution in [0.25, 0.3) is 0 Å². The van der Waals surface area contributed by atoms with Crippen molar-refractivity contribution in [2.24, 2.45) is 22.7 Å². The number of rotatable bonds is 8. The Morgan fingerprint density at radius 1 is 1.00 bits per heavy atom. The first-order valence-electron chi connectivity index (χ1n) is 11.3. The summed E-state index contributed by atoms with van der Waals surface area (Å²) >= 11 is 0. The molecule has 4 aliphatic rings. The van der Waals surface area contributed by atoms with Gasteiger partial charge in [0, 0.05) is 5.41 Å². The molecule has 26 heavy (non-hydrogen) atoms. The van der Waals surface area contributed by atoms with Gasteiger partial charge in [-0.1, -0.05) is 20.3 Å². The van der Waals surface area contributed by atoms with Crippen LogP contribution >= 0.6 is 0 Å². The number of alkyl halides is 1. The van der Waals surface area contributed by atoms with Crippen LogP contribution in [-0.2, 0) is 9.53 Å². The van der Waals surface area contributed by atoms with Crippen LogP contribution in [0.2, 0.25) is 0 Å². The van der Waals surface area contributed by atoms with Gasteiger partial charge < -0.3 is 4.74 Å². The van der Waals surface area contributed by atoms with E-state index in [1.165, 1.54) is 32.1 Å². The Morgan fingerprint density at radius 3 is 2.15 bits per heavy atom. The van der Waals surface area contributed by atoms with Gasteiger partial charge in [-0.2, -0.15) is 0 Å². The molecule has 1 atom stereocenters. The van der Waals surface area contributed by atoms with E-state index in [0.717, 1.165) is 57.8 Å². The average molecular weight is 367 g/mol. The molecule has 0 amide bonds. The lowest BCUT2D eigenvalue weighted by molar-refractivity contribution is -0.150. The number of hydrogen-bond donors (Lipinski definition) is 0. The second kappa shape index (κ2) is 8.61. The molecule has 0 aromatic heterocycles. The molecule has 0 aromatic carbocycles. The molecule has 4 fully saturated rings. The molecule has 150 valence electrons. The van der Waals surface area contributed by atoms with E-state index in [-0.39, 0.29) is 17.3 Å². The highest BCUT2D eigenvalue weighted by Gasteiger charge is 2.52. The first kappa shape index (κ1) is 20.1. The smallest absolute Gasteiger partial charge is 0.308 e. The summed E-state index contributed by atoms with van der Waals surface area (Å²) in [6.45, 7) is 4.85. The predicted octanol–water partition coefficient (Wildman–Crippen LogP) is 6.61. The van der Waals surface area contributed by atoms with Gasteiger partial charge in [-0.15, -0.1) is 0 Å². The monoisotopic (exact) mass is 366 g/mol. The molecular formula is C23H39FO2. The minimum atomic E-state index is -0.629. The number of hydrogen-bond acceptors (Lipinski definition) is 2. The fourth-order valence-corrected chi connectivity index (χ4v) is 6.16. The summed E-state index contributed by atoms with van der Waals surface area (Å²) in [5.74, 6) is 0.513. The Hall–Kier alpha value is -0.600. The lowest BCUT2D eigenvalue weighted by Gasteiger charge is -2.55. The summed E-state index contributed by atoms with van der Waals surface area (Å²) in [6, 6.07) is 0. The van der Waals surface area contributed by atoms with Crippen LogP contribution in [0.5, 0.6) is 0 Å². The number of fused-ring (bicyclic) bond motifs is 3. The second-order valence-electron chi connectivity index (χ2n) is 9.70. The van der Waals surface area contributed by atoms with Gasteiger partial charge in [0.15, 0.2) is 0 Å². The van der Waals surface area contributed by atoms with E-state index in [2.05, 4.69) is 6.92 Å². The third kappa shape index (κ3) is 4.28. The first-order chi connectivity index (χ1) is 12.5. The Balaban J connectivity index is 1.45. The van der Waals surface area contributed by atoms with Crippen molar-refractivity contribution in [2.75, 3.05) is 6.61 Å². The second-order valence-corrected chi connectivity index (χ2v) is 9.70. The van der Waals surface area contributed by atoms with Crippen molar-refractivity contribution < 1.29 is 13.9 Å². The molecule has 0 N–H and O–H groups in total. The maximum absolute atomic E-state index is 15.4. The zero-order chi connectivity index (χ0) is 18.6. The molecule has 0 aromatic rings. The lowest BCUT2D eigenvalue weighted by Crippen LogP contribution is -2.47. The number of halogens is 1. The van der Waals surface area contributed by atoms with E-state index < -0.39 is 6.17 Å². The van der Waals surface area contributed by atoms with E-state index in [1.54, 1.807) is 0 Å². The summed E-state index contributed by atoms with van der Waals surface area (Å²) in [7, 11) is 0. The van der Waals surface area contributed by atoms with Gasteiger partial charge in [0.1, 0.15) is 6.17 Å². The highest BCUT2D eigenvalue weighted by molar-refractivity contribution is 5.72. The summed E-state index contributed by atoms with van der Waals surface area (Å²) in [4.78, 5) is 12.0. The summed E-state index contributed by atoms with van der Waals surface area (Å²) < 4.78 is 20.7. The molecule has 0 spiro atoms. The Morgan fingerprint density at radius 2 is 1.62 bits per heavy atom. The van der Waals surface area contributed by atoms with Crippen molar-refractivity contribution in [3.05, 3.63) is 0 Å². The van der Waals surface area contributed by atoms with Crippen molar-refractivity contribution in [3.63, 3.8) is 0 Å². The molecule has 1 unspecified atom stereocenters. The molecule has 0 heterocycles. The van der Waals surface area contributed by atoms with E-state index in [9.17, 15) is 4.79 Å². The maximum atomic E-state index is 15.4. The average Bonchev–Trinajstić information content (AvgIpc) is 2.68. The fourth-order valence-electron chi connectivity index (χ4n) is 6.16. The number of carbonyl (C=O) groups excluding carboxylic acids is 1. The molecule has 0 aliphatic heterocycles. The van der Waals surface area contributed by atoms with Crippen molar-refractivity contribution in [2.45, 2.75) is 110 Å². The zero-order valence-corrected chi connectivity index (χ0v) is 17.0. The molecule has 4 saturated carbocycles. The van der Waals surface area contributed by atoms with Crippen LogP contribution in [0.3, 0.4) is 0 Å². The SMILES string of the molecule is CCCOC(=O)[C@H]1CC[C@H](CC(F)C23CCC(CCC)(CC2)CC3)CC1. The molecule has 4 rings (SSSR count). The summed E-state index contributed by atoms with van der Waals surface area (Å²) in [6.07, 6.45) is 14.5. The molecular weight excluding hydrogens is 327 g/mol. The van der Waals surface area contributed by atoms with Crippen LogP contribution in [0.4, 0.5) is 4.39 Å². The van der Waals surface area contributed by atoms with Crippen LogP contribution < -0.4 is 0 Å². The number of ether oxygens (including phenoxy) is 1. The summed E-state index contributed by atoms with van der Waals surface area (Å²) in [5.41, 5.74) is 0.555. The third-order valence-corrected chi connectivity index (χ3v) is 8.07. The Kier molecular flexibility index (Phi) is 6.67. The van der Waals surface area contributed by atoms with Gasteiger partial charge in [-0.05, 0) is 94.8 Å². The Labute approximate surface area is 159 Å². The molecule has 0 saturated heterocycles. The topological polar surface area (TPSA) is 26.3 Å². The van der Waals surface area contributed by atoms with Gasteiger partial charge in [0.05, 0.1) is 12.5 Å². The van der Waals surface area contributed by atoms with Crippen LogP contribution in [-0.4, -0.2) is 18.7 Å². The van der Waals surface area contributed by atoms with Gasteiger partial charge >= 0.3 is 5.97 Å². The standard InChI is InChI=1S/C23H39FO2/c1-3-9-22-10-13-23(14-11-22,15-12-22)20(24)17-18-5-7-19(8-6-18)21(25)26-16-4-2/h18-20H,3-17H2,1-2H3/t18-,19-,20?,22?,23?. The fraction of sp³-hybridized carbons (Fsp3) is 0.957. The van der Waals surface area contributed by atoms with E-state index in [4.69, 9.17) is 4.74 Å². The van der Waals surface area contributed by atoms with Gasteiger partial charge in [0.25, 0.3) is 0 Å². The van der Waals surface area contributed by atoms with Crippen molar-refractivity contribution in [3.8, 4) is 0 Å². The predicted molar refractivity (Wildman–Crippen MR) is 104 cm³/mol. The van der Waals surface area contributed by atoms with Crippen molar-refractivity contribution in [1.29, 1.82) is 0 Å². The van der Waals surface area contributed by atoms with Gasteiger partial charge in [-0.3, -0.25) is 4.79 Å². The highest BCUT2D eigenvalue weighted by Crippen LogP contribution is 2.61. The highest BCUT2D eigenvalue weighted by atomic mass is 19.1. The van der Waals surface area contributed by atoms with Crippen LogP contribution in [0, 0.1) is 22.7 Å². The van der Waals surface area contributed by atoms with Gasteiger partial charge in [-0.25, -0.2) is 4.39 Å². The zero-order valence-electron chi connectivity index (χ0n) is 17.0. The maximum Gasteiger partial charge on any atom is 0.308 e. The minimum absolute atomic E-state index is 0.00754. The first-order valence-corrected chi connectivity index (χ1v) is 11.3. The largest absolute Gasteiger partial charge is 0.465 e. The molecule has 3 heteroatoms. The molecule has 2 nitrogen and oxygen atoms in total. The number of esters is 1. The third-order valence-electron chi connectivity index (χ3n) is 8.07. The molecule has 2 bridgehead atoms. The van der Waals surface area contributed by atoms with Crippen LogP contribution in [0.1, 0.15) is 104 Å². The summed E-state index contributed by atoms with van der Waals surface area (Å²) in [5, 5.41) is 0. The van der Waals surface area contributed by atoms with E-state index in [1.807, 2.05) is 6.92 Å². The number of carbonyl (C=O) groups is 1. The quantitative estimate of drug-likeness (QED) is 0.451. The molecule has 0 radical (unpaired) electrons. The van der Waals surface area contributed by atoms with Gasteiger partial charge in [0.2, 0.25) is 0 Å². The minimum Gasteiger partial charge on any atom is -0.465 e. The Bertz CT molecular complexity index is 442.